The Bertz CT molecular complexity index is 273. The summed E-state index contributed by atoms with van der Waals surface area (Å²) in [7, 11) is 1.45. The number of hydrogen-bond acceptors (Lipinski definition) is 2. The summed E-state index contributed by atoms with van der Waals surface area (Å²) >= 11 is 0. The fourth-order valence-corrected chi connectivity index (χ4v) is 0.821. The lowest BCUT2D eigenvalue weighted by Gasteiger charge is -2.01. The molecule has 12 heavy (non-hydrogen) atoms. The van der Waals surface area contributed by atoms with E-state index in [4.69, 9.17) is 9.84 Å². The van der Waals surface area contributed by atoms with Crippen LogP contribution in [0.3, 0.4) is 0 Å². The predicted octanol–water partition coefficient (Wildman–Crippen LogP) is 1.51. The van der Waals surface area contributed by atoms with Gasteiger partial charge in [0.15, 0.2) is 0 Å². The van der Waals surface area contributed by atoms with Gasteiger partial charge in [0.05, 0.1) is 7.11 Å². The summed E-state index contributed by atoms with van der Waals surface area (Å²) in [5.41, 5.74) is 0.190. The number of benzene rings is 1. The number of aromatic carboxylic acids is 1. The lowest BCUT2D eigenvalue weighted by Crippen LogP contribution is -1.99. The van der Waals surface area contributed by atoms with Crippen molar-refractivity contribution in [1.29, 1.82) is 0 Å². The monoisotopic (exact) mass is 186 g/mol. The zero-order valence-corrected chi connectivity index (χ0v) is 7.57. The number of carbonyl (C=O) groups is 1. The largest absolute Gasteiger partial charge is 0.496 e. The van der Waals surface area contributed by atoms with Crippen molar-refractivity contribution in [2.75, 3.05) is 7.11 Å². The van der Waals surface area contributed by atoms with Crippen molar-refractivity contribution >= 4 is 19.5 Å². The first-order valence-corrected chi connectivity index (χ1v) is 3.12. The molecule has 0 amide bonds. The Morgan fingerprint density at radius 2 is 2.00 bits per heavy atom. The maximum absolute atomic E-state index is 10.5. The first-order valence-electron chi connectivity index (χ1n) is 3.12. The number of carboxylic acid groups (broad SMARTS) is 1. The molecule has 1 rings (SSSR count). The van der Waals surface area contributed by atoms with Crippen molar-refractivity contribution in [1.82, 2.24) is 0 Å². The van der Waals surface area contributed by atoms with Crippen LogP contribution in [-0.4, -0.2) is 18.2 Å². The highest BCUT2D eigenvalue weighted by atomic mass is 32.1. The van der Waals surface area contributed by atoms with E-state index in [0.29, 0.717) is 5.75 Å². The molecule has 0 spiro atoms. The van der Waals surface area contributed by atoms with Gasteiger partial charge in [-0.1, -0.05) is 12.1 Å². The smallest absolute Gasteiger partial charge is 0.339 e. The number of rotatable bonds is 2. The van der Waals surface area contributed by atoms with Crippen LogP contribution in [0.15, 0.2) is 24.3 Å². The van der Waals surface area contributed by atoms with Crippen LogP contribution in [-0.2, 0) is 0 Å². The van der Waals surface area contributed by atoms with Crippen molar-refractivity contribution in [3.63, 3.8) is 0 Å². The van der Waals surface area contributed by atoms with E-state index in [-0.39, 0.29) is 19.1 Å². The molecule has 0 radical (unpaired) electrons. The molecule has 1 aromatic carbocycles. The topological polar surface area (TPSA) is 46.5 Å². The molecule has 0 aliphatic carbocycles. The summed E-state index contributed by atoms with van der Waals surface area (Å²) < 4.78 is 4.83. The van der Waals surface area contributed by atoms with E-state index in [1.165, 1.54) is 13.2 Å². The van der Waals surface area contributed by atoms with Crippen LogP contribution in [0.5, 0.6) is 5.75 Å². The predicted molar refractivity (Wildman–Crippen MR) is 50.3 cm³/mol. The zero-order valence-electron chi connectivity index (χ0n) is 6.57. The van der Waals surface area contributed by atoms with E-state index in [2.05, 4.69) is 0 Å². The zero-order chi connectivity index (χ0) is 8.27. The van der Waals surface area contributed by atoms with E-state index in [0.717, 1.165) is 0 Å². The van der Waals surface area contributed by atoms with Gasteiger partial charge in [-0.25, -0.2) is 4.79 Å². The third-order valence-electron chi connectivity index (χ3n) is 1.34. The number of methoxy groups -OCH3 is 1. The molecule has 0 unspecified atom stereocenters. The SMILES string of the molecule is COc1ccccc1C(=O)O.S. The van der Waals surface area contributed by atoms with Crippen LogP contribution in [0, 0.1) is 0 Å². The normalized spacial score (nSPS) is 8.42. The summed E-state index contributed by atoms with van der Waals surface area (Å²) in [6.45, 7) is 0. The Morgan fingerprint density at radius 3 is 2.42 bits per heavy atom. The standard InChI is InChI=1S/C8H8O3.H2S/c1-11-7-5-3-2-4-6(7)8(9)10;/h2-5H,1H3,(H,9,10);1H2. The van der Waals surface area contributed by atoms with E-state index in [9.17, 15) is 4.79 Å². The fourth-order valence-electron chi connectivity index (χ4n) is 0.821. The van der Waals surface area contributed by atoms with Gasteiger partial charge in [0.1, 0.15) is 11.3 Å². The summed E-state index contributed by atoms with van der Waals surface area (Å²) in [6.07, 6.45) is 0. The Hall–Kier alpha value is -1.16. The lowest BCUT2D eigenvalue weighted by atomic mass is 10.2. The minimum atomic E-state index is -0.970. The van der Waals surface area contributed by atoms with E-state index < -0.39 is 5.97 Å². The molecule has 0 saturated heterocycles. The first kappa shape index (κ1) is 10.8. The molecule has 1 aromatic rings. The summed E-state index contributed by atoms with van der Waals surface area (Å²) in [4.78, 5) is 10.5. The second-order valence-corrected chi connectivity index (χ2v) is 2.01. The first-order chi connectivity index (χ1) is 5.25. The van der Waals surface area contributed by atoms with Gasteiger partial charge in [0.2, 0.25) is 0 Å². The highest BCUT2D eigenvalue weighted by Gasteiger charge is 2.07. The molecule has 0 aliphatic rings. The number of ether oxygens (including phenoxy) is 1. The summed E-state index contributed by atoms with van der Waals surface area (Å²) in [5.74, 6) is -0.581. The number of hydrogen-bond donors (Lipinski definition) is 1. The molecule has 0 heterocycles. The minimum Gasteiger partial charge on any atom is -0.496 e. The van der Waals surface area contributed by atoms with Crippen LogP contribution >= 0.6 is 13.5 Å². The second-order valence-electron chi connectivity index (χ2n) is 2.01. The highest BCUT2D eigenvalue weighted by Crippen LogP contribution is 2.16. The highest BCUT2D eigenvalue weighted by molar-refractivity contribution is 7.59. The average Bonchev–Trinajstić information content (AvgIpc) is 2.04. The maximum atomic E-state index is 10.5. The number of para-hydroxylation sites is 1. The van der Waals surface area contributed by atoms with Crippen LogP contribution in [0.1, 0.15) is 10.4 Å². The Morgan fingerprint density at radius 1 is 1.42 bits per heavy atom. The van der Waals surface area contributed by atoms with Crippen LogP contribution in [0.2, 0.25) is 0 Å². The molecular weight excluding hydrogens is 176 g/mol. The molecule has 3 nitrogen and oxygen atoms in total. The third-order valence-corrected chi connectivity index (χ3v) is 1.34. The quantitative estimate of drug-likeness (QED) is 0.761. The Labute approximate surface area is 77.4 Å². The third kappa shape index (κ3) is 2.17. The van der Waals surface area contributed by atoms with Gasteiger partial charge in [-0.15, -0.1) is 0 Å². The average molecular weight is 186 g/mol. The fraction of sp³-hybridized carbons (Fsp3) is 0.125. The van der Waals surface area contributed by atoms with Crippen molar-refractivity contribution in [2.24, 2.45) is 0 Å². The second kappa shape index (κ2) is 4.66. The molecule has 0 aromatic heterocycles. The molecule has 0 fully saturated rings. The van der Waals surface area contributed by atoms with Crippen LogP contribution < -0.4 is 4.74 Å². The van der Waals surface area contributed by atoms with Gasteiger partial charge in [-0.05, 0) is 12.1 Å². The Balaban J connectivity index is 0.00000121. The molecule has 4 heteroatoms. The van der Waals surface area contributed by atoms with Crippen LogP contribution in [0.4, 0.5) is 0 Å². The molecule has 0 atom stereocenters. The van der Waals surface area contributed by atoms with Gasteiger partial charge >= 0.3 is 5.97 Å². The van der Waals surface area contributed by atoms with E-state index in [1.54, 1.807) is 18.2 Å². The van der Waals surface area contributed by atoms with Crippen LogP contribution in [0.25, 0.3) is 0 Å². The summed E-state index contributed by atoms with van der Waals surface area (Å²) in [5, 5.41) is 8.62. The van der Waals surface area contributed by atoms with E-state index >= 15 is 0 Å². The Kier molecular flexibility index (Phi) is 4.21. The number of carboxylic acids is 1. The van der Waals surface area contributed by atoms with Gasteiger partial charge in [0, 0.05) is 0 Å². The molecular formula is C8H10O3S. The van der Waals surface area contributed by atoms with Crippen molar-refractivity contribution in [3.8, 4) is 5.75 Å². The molecule has 0 aliphatic heterocycles. The molecule has 0 saturated carbocycles. The summed E-state index contributed by atoms with van der Waals surface area (Å²) in [6, 6.07) is 6.50. The lowest BCUT2D eigenvalue weighted by molar-refractivity contribution is 0.0693. The van der Waals surface area contributed by atoms with Gasteiger partial charge in [-0.2, -0.15) is 13.5 Å². The molecule has 1 N–H and O–H groups in total. The van der Waals surface area contributed by atoms with Gasteiger partial charge < -0.3 is 9.84 Å². The van der Waals surface area contributed by atoms with Crippen molar-refractivity contribution in [3.05, 3.63) is 29.8 Å². The van der Waals surface area contributed by atoms with E-state index in [1.807, 2.05) is 0 Å². The molecule has 66 valence electrons. The van der Waals surface area contributed by atoms with Crippen molar-refractivity contribution < 1.29 is 14.6 Å². The molecule has 0 bridgehead atoms. The van der Waals surface area contributed by atoms with Crippen molar-refractivity contribution in [2.45, 2.75) is 0 Å². The van der Waals surface area contributed by atoms with Gasteiger partial charge in [0.25, 0.3) is 0 Å². The van der Waals surface area contributed by atoms with Gasteiger partial charge in [-0.3, -0.25) is 0 Å². The maximum Gasteiger partial charge on any atom is 0.339 e. The minimum absolute atomic E-state index is 0.